The van der Waals surface area contributed by atoms with Gasteiger partial charge in [-0.25, -0.2) is 4.98 Å². The Morgan fingerprint density at radius 3 is 2.26 bits per heavy atom. The standard InChI is InChI=1S/C16H10N4O3/c21-16(18-8-7-17-10-18)11-5-6-14-15(9-11)20(23)13-4-2-1-3-12(13)19(14)22/h1-10H. The average molecular weight is 306 g/mol. The van der Waals surface area contributed by atoms with Crippen LogP contribution in [0, 0.1) is 10.4 Å². The zero-order valence-corrected chi connectivity index (χ0v) is 11.8. The molecular formula is C16H10N4O3. The van der Waals surface area contributed by atoms with Crippen LogP contribution in [-0.4, -0.2) is 15.5 Å². The lowest BCUT2D eigenvalue weighted by Gasteiger charge is -2.08. The van der Waals surface area contributed by atoms with Crippen molar-refractivity contribution in [2.45, 2.75) is 0 Å². The molecule has 112 valence electrons. The Morgan fingerprint density at radius 2 is 1.61 bits per heavy atom. The zero-order chi connectivity index (χ0) is 16.0. The molecule has 2 aromatic heterocycles. The van der Waals surface area contributed by atoms with Crippen LogP contribution in [0.2, 0.25) is 0 Å². The molecule has 4 rings (SSSR count). The fourth-order valence-corrected chi connectivity index (χ4v) is 2.59. The molecule has 0 saturated heterocycles. The monoisotopic (exact) mass is 306 g/mol. The molecule has 0 spiro atoms. The Balaban J connectivity index is 2.00. The summed E-state index contributed by atoms with van der Waals surface area (Å²) in [5.74, 6) is -0.324. The van der Waals surface area contributed by atoms with Gasteiger partial charge in [-0.3, -0.25) is 9.36 Å². The molecule has 0 radical (unpaired) electrons. The van der Waals surface area contributed by atoms with Gasteiger partial charge in [0.05, 0.1) is 0 Å². The van der Waals surface area contributed by atoms with Gasteiger partial charge >= 0.3 is 0 Å². The van der Waals surface area contributed by atoms with Crippen LogP contribution in [0.3, 0.4) is 0 Å². The van der Waals surface area contributed by atoms with E-state index in [0.29, 0.717) is 15.0 Å². The molecule has 0 atom stereocenters. The number of carbonyl (C=O) groups excluding carboxylic acids is 1. The van der Waals surface area contributed by atoms with Crippen molar-refractivity contribution < 1.29 is 14.3 Å². The molecule has 0 unspecified atom stereocenters. The second-order valence-electron chi connectivity index (χ2n) is 5.06. The van der Waals surface area contributed by atoms with Crippen molar-refractivity contribution in [3.8, 4) is 0 Å². The first-order chi connectivity index (χ1) is 11.2. The van der Waals surface area contributed by atoms with Gasteiger partial charge in [0.1, 0.15) is 6.33 Å². The lowest BCUT2D eigenvalue weighted by Crippen LogP contribution is -2.39. The summed E-state index contributed by atoms with van der Waals surface area (Å²) < 4.78 is 2.68. The van der Waals surface area contributed by atoms with Crippen molar-refractivity contribution >= 4 is 28.0 Å². The van der Waals surface area contributed by atoms with Gasteiger partial charge in [0, 0.05) is 42.2 Å². The summed E-state index contributed by atoms with van der Waals surface area (Å²) in [6, 6.07) is 11.0. The number of rotatable bonds is 1. The highest BCUT2D eigenvalue weighted by atomic mass is 16.5. The number of fused-ring (bicyclic) bond motifs is 2. The first kappa shape index (κ1) is 13.2. The quantitative estimate of drug-likeness (QED) is 0.300. The second kappa shape index (κ2) is 4.77. The third-order valence-electron chi connectivity index (χ3n) is 3.72. The fourth-order valence-electron chi connectivity index (χ4n) is 2.59. The number of hydrogen-bond donors (Lipinski definition) is 0. The third kappa shape index (κ3) is 1.90. The Bertz CT molecular complexity index is 1060. The third-order valence-corrected chi connectivity index (χ3v) is 3.72. The van der Waals surface area contributed by atoms with Gasteiger partial charge < -0.3 is 10.4 Å². The Kier molecular flexibility index (Phi) is 2.74. The topological polar surface area (TPSA) is 88.8 Å². The smallest absolute Gasteiger partial charge is 0.291 e. The molecule has 0 N–H and O–H groups in total. The van der Waals surface area contributed by atoms with E-state index < -0.39 is 0 Å². The largest absolute Gasteiger partial charge is 0.617 e. The predicted octanol–water partition coefficient (Wildman–Crippen LogP) is 1.14. The molecule has 23 heavy (non-hydrogen) atoms. The van der Waals surface area contributed by atoms with Crippen LogP contribution >= 0.6 is 0 Å². The average Bonchev–Trinajstić information content (AvgIpc) is 3.13. The SMILES string of the molecule is O=C(c1ccc2c(c1)[n+]([O-])c1ccccc1[n+]2[O-])n1ccnc1. The number of para-hydroxylation sites is 2. The van der Waals surface area contributed by atoms with Crippen LogP contribution in [-0.2, 0) is 0 Å². The lowest BCUT2D eigenvalue weighted by atomic mass is 10.1. The van der Waals surface area contributed by atoms with E-state index in [1.165, 1.54) is 41.5 Å². The molecule has 0 amide bonds. The Morgan fingerprint density at radius 1 is 0.957 bits per heavy atom. The maximum absolute atomic E-state index is 12.5. The first-order valence-electron chi connectivity index (χ1n) is 6.87. The van der Waals surface area contributed by atoms with Gasteiger partial charge in [-0.05, 0) is 6.07 Å². The minimum atomic E-state index is -0.324. The Hall–Kier alpha value is -3.48. The lowest BCUT2D eigenvalue weighted by molar-refractivity contribution is -0.591. The highest BCUT2D eigenvalue weighted by Gasteiger charge is 2.22. The van der Waals surface area contributed by atoms with Crippen LogP contribution in [0.5, 0.6) is 0 Å². The van der Waals surface area contributed by atoms with E-state index in [2.05, 4.69) is 4.98 Å². The molecule has 7 nitrogen and oxygen atoms in total. The van der Waals surface area contributed by atoms with Gasteiger partial charge in [-0.2, -0.15) is 9.46 Å². The van der Waals surface area contributed by atoms with Crippen molar-refractivity contribution in [1.82, 2.24) is 9.55 Å². The van der Waals surface area contributed by atoms with Crippen molar-refractivity contribution in [3.05, 3.63) is 77.2 Å². The first-order valence-corrected chi connectivity index (χ1v) is 6.87. The summed E-state index contributed by atoms with van der Waals surface area (Å²) in [4.78, 5) is 16.2. The van der Waals surface area contributed by atoms with E-state index in [1.54, 1.807) is 24.3 Å². The molecule has 0 aliphatic rings. The van der Waals surface area contributed by atoms with E-state index in [0.717, 1.165) is 0 Å². The molecule has 0 fully saturated rings. The van der Waals surface area contributed by atoms with E-state index in [4.69, 9.17) is 0 Å². The van der Waals surface area contributed by atoms with Gasteiger partial charge in [0.25, 0.3) is 28.0 Å². The highest BCUT2D eigenvalue weighted by Crippen LogP contribution is 2.15. The maximum Gasteiger partial charge on any atom is 0.291 e. The molecular weight excluding hydrogens is 296 g/mol. The predicted molar refractivity (Wildman–Crippen MR) is 81.3 cm³/mol. The molecule has 7 heteroatoms. The fraction of sp³-hybridized carbons (Fsp3) is 0. The van der Waals surface area contributed by atoms with Gasteiger partial charge in [0.2, 0.25) is 0 Å². The van der Waals surface area contributed by atoms with E-state index >= 15 is 0 Å². The zero-order valence-electron chi connectivity index (χ0n) is 11.8. The van der Waals surface area contributed by atoms with E-state index in [1.807, 2.05) is 0 Å². The van der Waals surface area contributed by atoms with Crippen LogP contribution < -0.4 is 9.46 Å². The number of hydrogen-bond acceptors (Lipinski definition) is 4. The van der Waals surface area contributed by atoms with Crippen LogP contribution in [0.25, 0.3) is 22.1 Å². The summed E-state index contributed by atoms with van der Waals surface area (Å²) in [5, 5.41) is 24.9. The second-order valence-corrected chi connectivity index (χ2v) is 5.06. The van der Waals surface area contributed by atoms with E-state index in [-0.39, 0.29) is 28.0 Å². The van der Waals surface area contributed by atoms with Crippen molar-refractivity contribution in [2.24, 2.45) is 0 Å². The maximum atomic E-state index is 12.5. The molecule has 2 aromatic carbocycles. The minimum Gasteiger partial charge on any atom is -0.617 e. The number of nitrogens with zero attached hydrogens (tertiary/aromatic N) is 4. The molecule has 0 aliphatic carbocycles. The van der Waals surface area contributed by atoms with E-state index in [9.17, 15) is 15.2 Å². The minimum absolute atomic E-state index is 0.143. The Labute approximate surface area is 129 Å². The molecule has 0 aliphatic heterocycles. The van der Waals surface area contributed by atoms with Gasteiger partial charge in [-0.15, -0.1) is 0 Å². The molecule has 4 aromatic rings. The van der Waals surface area contributed by atoms with Crippen molar-refractivity contribution in [3.63, 3.8) is 0 Å². The number of carbonyl (C=O) groups is 1. The summed E-state index contributed by atoms with van der Waals surface area (Å²) in [6.45, 7) is 0. The summed E-state index contributed by atoms with van der Waals surface area (Å²) in [7, 11) is 0. The summed E-state index contributed by atoms with van der Waals surface area (Å²) >= 11 is 0. The molecule has 0 bridgehead atoms. The number of benzene rings is 2. The van der Waals surface area contributed by atoms with Crippen LogP contribution in [0.4, 0.5) is 0 Å². The number of imidazole rings is 1. The number of aromatic nitrogens is 4. The van der Waals surface area contributed by atoms with Crippen LogP contribution in [0.15, 0.2) is 61.2 Å². The van der Waals surface area contributed by atoms with Crippen molar-refractivity contribution in [2.75, 3.05) is 0 Å². The molecule has 2 heterocycles. The highest BCUT2D eigenvalue weighted by molar-refractivity contribution is 5.98. The van der Waals surface area contributed by atoms with Crippen molar-refractivity contribution in [1.29, 1.82) is 0 Å². The normalized spacial score (nSPS) is 11.1. The summed E-state index contributed by atoms with van der Waals surface area (Å²) in [5.41, 5.74) is 1.19. The summed E-state index contributed by atoms with van der Waals surface area (Å²) in [6.07, 6.45) is 4.39. The van der Waals surface area contributed by atoms with Crippen LogP contribution in [0.1, 0.15) is 10.4 Å². The van der Waals surface area contributed by atoms with Gasteiger partial charge in [-0.1, -0.05) is 12.1 Å². The van der Waals surface area contributed by atoms with Gasteiger partial charge in [0.15, 0.2) is 0 Å². The molecule has 0 saturated carbocycles.